The number of benzene rings is 2. The van der Waals surface area contributed by atoms with E-state index >= 15 is 0 Å². The first-order chi connectivity index (χ1) is 16.9. The van der Waals surface area contributed by atoms with E-state index in [9.17, 15) is 13.2 Å². The van der Waals surface area contributed by atoms with Gasteiger partial charge < -0.3 is 14.5 Å². The van der Waals surface area contributed by atoms with Gasteiger partial charge in [0.1, 0.15) is 5.75 Å². The van der Waals surface area contributed by atoms with Crippen LogP contribution in [0.25, 0.3) is 10.1 Å². The van der Waals surface area contributed by atoms with Crippen LogP contribution in [0.1, 0.15) is 29.4 Å². The number of rotatable bonds is 5. The van der Waals surface area contributed by atoms with Crippen molar-refractivity contribution in [1.29, 1.82) is 0 Å². The van der Waals surface area contributed by atoms with E-state index in [-0.39, 0.29) is 5.91 Å². The van der Waals surface area contributed by atoms with Crippen molar-refractivity contribution in [2.24, 2.45) is 5.92 Å². The van der Waals surface area contributed by atoms with Gasteiger partial charge in [-0.25, -0.2) is 8.42 Å². The van der Waals surface area contributed by atoms with Gasteiger partial charge in [0.15, 0.2) is 0 Å². The van der Waals surface area contributed by atoms with Crippen molar-refractivity contribution in [3.63, 3.8) is 0 Å². The molecule has 0 unspecified atom stereocenters. The number of nitrogens with zero attached hydrogens (tertiary/aromatic N) is 3. The van der Waals surface area contributed by atoms with Gasteiger partial charge in [0.25, 0.3) is 5.91 Å². The van der Waals surface area contributed by atoms with Gasteiger partial charge >= 0.3 is 0 Å². The van der Waals surface area contributed by atoms with Gasteiger partial charge in [-0.2, -0.15) is 4.31 Å². The summed E-state index contributed by atoms with van der Waals surface area (Å²) in [4.78, 5) is 18.2. The number of piperidine rings is 1. The molecule has 0 spiro atoms. The molecule has 2 fully saturated rings. The van der Waals surface area contributed by atoms with Gasteiger partial charge in [0, 0.05) is 44.0 Å². The third kappa shape index (κ3) is 4.77. The van der Waals surface area contributed by atoms with Gasteiger partial charge in [-0.15, -0.1) is 11.3 Å². The Hall–Kier alpha value is -2.62. The Kier molecular flexibility index (Phi) is 6.74. The number of fused-ring (bicyclic) bond motifs is 1. The number of sulfonamides is 1. The molecule has 0 radical (unpaired) electrons. The highest BCUT2D eigenvalue weighted by atomic mass is 32.2. The van der Waals surface area contributed by atoms with E-state index in [1.54, 1.807) is 29.6 Å². The zero-order valence-corrected chi connectivity index (χ0v) is 21.8. The summed E-state index contributed by atoms with van der Waals surface area (Å²) < 4.78 is 35.0. The molecule has 2 saturated heterocycles. The fraction of sp³-hybridized carbons (Fsp3) is 0.423. The van der Waals surface area contributed by atoms with Crippen molar-refractivity contribution in [3.05, 3.63) is 53.4 Å². The Morgan fingerprint density at radius 1 is 1.03 bits per heavy atom. The lowest BCUT2D eigenvalue weighted by molar-refractivity contribution is 0.0751. The average Bonchev–Trinajstić information content (AvgIpc) is 3.32. The average molecular weight is 514 g/mol. The zero-order valence-electron chi connectivity index (χ0n) is 20.1. The maximum atomic E-state index is 13.4. The van der Waals surface area contributed by atoms with Crippen molar-refractivity contribution in [3.8, 4) is 5.75 Å². The number of hydrogen-bond donors (Lipinski definition) is 0. The molecular formula is C26H31N3O4S2. The van der Waals surface area contributed by atoms with E-state index in [0.717, 1.165) is 33.5 Å². The van der Waals surface area contributed by atoms with E-state index in [1.807, 2.05) is 35.2 Å². The van der Waals surface area contributed by atoms with Gasteiger partial charge in [-0.3, -0.25) is 4.79 Å². The maximum absolute atomic E-state index is 13.4. The molecule has 1 amide bonds. The van der Waals surface area contributed by atoms with E-state index in [1.165, 1.54) is 11.3 Å². The third-order valence-electron chi connectivity index (χ3n) is 6.95. The van der Waals surface area contributed by atoms with Crippen LogP contribution in [-0.4, -0.2) is 69.9 Å². The minimum atomic E-state index is -3.57. The molecule has 2 aliphatic rings. The number of carbonyl (C=O) groups is 1. The van der Waals surface area contributed by atoms with Crippen LogP contribution in [0.4, 0.5) is 5.69 Å². The third-order valence-corrected chi connectivity index (χ3v) is 9.92. The van der Waals surface area contributed by atoms with Crippen LogP contribution in [0.5, 0.6) is 5.75 Å². The summed E-state index contributed by atoms with van der Waals surface area (Å²) >= 11 is 1.52. The first-order valence-electron chi connectivity index (χ1n) is 12.1. The molecule has 1 aromatic heterocycles. The first kappa shape index (κ1) is 24.1. The normalized spacial score (nSPS) is 19.8. The predicted molar refractivity (Wildman–Crippen MR) is 140 cm³/mol. The monoisotopic (exact) mass is 513 g/mol. The highest BCUT2D eigenvalue weighted by Gasteiger charge is 2.31. The first-order valence-corrected chi connectivity index (χ1v) is 14.3. The summed E-state index contributed by atoms with van der Waals surface area (Å²) in [5.74, 6) is 1.05. The lowest BCUT2D eigenvalue weighted by atomic mass is 10.0. The molecule has 2 aromatic carbocycles. The van der Waals surface area contributed by atoms with Crippen molar-refractivity contribution in [2.45, 2.75) is 24.7 Å². The van der Waals surface area contributed by atoms with Crippen LogP contribution >= 0.6 is 11.3 Å². The standard InChI is InChI=1S/C26H31N3O4S2/c1-19-6-5-11-29(18-19)35(31,32)21-9-10-23(33-2)22(17-21)27-12-14-28(15-13-27)26(30)25-16-20-7-3-4-8-24(20)34-25/h3-4,7-10,16-17,19H,5-6,11-15,18H2,1-2H3/t19-/m1/s1. The summed E-state index contributed by atoms with van der Waals surface area (Å²) in [6.07, 6.45) is 1.95. The minimum absolute atomic E-state index is 0.0494. The van der Waals surface area contributed by atoms with Gasteiger partial charge in [0.2, 0.25) is 10.0 Å². The van der Waals surface area contributed by atoms with Crippen LogP contribution in [0.3, 0.4) is 0 Å². The van der Waals surface area contributed by atoms with Crippen LogP contribution in [-0.2, 0) is 10.0 Å². The molecule has 5 rings (SSSR count). The number of methoxy groups -OCH3 is 1. The van der Waals surface area contributed by atoms with E-state index in [2.05, 4.69) is 11.8 Å². The zero-order chi connectivity index (χ0) is 24.6. The number of hydrogen-bond acceptors (Lipinski definition) is 6. The Morgan fingerprint density at radius 2 is 1.80 bits per heavy atom. The second-order valence-corrected chi connectivity index (χ2v) is 12.4. The number of ether oxygens (including phenoxy) is 1. The molecule has 0 bridgehead atoms. The maximum Gasteiger partial charge on any atom is 0.264 e. The molecule has 9 heteroatoms. The second kappa shape index (κ2) is 9.79. The molecule has 3 heterocycles. The fourth-order valence-electron chi connectivity index (χ4n) is 4.98. The largest absolute Gasteiger partial charge is 0.495 e. The fourth-order valence-corrected chi connectivity index (χ4v) is 7.63. The van der Waals surface area contributed by atoms with Gasteiger partial charge in [0.05, 0.1) is 22.6 Å². The molecular weight excluding hydrogens is 482 g/mol. The molecule has 0 aliphatic carbocycles. The van der Waals surface area contributed by atoms with Crippen molar-refractivity contribution < 1.29 is 17.9 Å². The summed E-state index contributed by atoms with van der Waals surface area (Å²) in [5, 5.41) is 1.09. The van der Waals surface area contributed by atoms with E-state index in [0.29, 0.717) is 55.8 Å². The second-order valence-electron chi connectivity index (χ2n) is 9.37. The number of piperazine rings is 1. The van der Waals surface area contributed by atoms with Crippen LogP contribution in [0.2, 0.25) is 0 Å². The molecule has 2 aliphatic heterocycles. The van der Waals surface area contributed by atoms with Crippen molar-refractivity contribution in [1.82, 2.24) is 9.21 Å². The molecule has 0 saturated carbocycles. The van der Waals surface area contributed by atoms with Gasteiger partial charge in [-0.05, 0) is 54.5 Å². The minimum Gasteiger partial charge on any atom is -0.495 e. The molecule has 7 nitrogen and oxygen atoms in total. The summed E-state index contributed by atoms with van der Waals surface area (Å²) in [6.45, 7) is 5.57. The molecule has 1 atom stereocenters. The number of thiophene rings is 1. The predicted octanol–water partition coefficient (Wildman–Crippen LogP) is 4.29. The molecule has 3 aromatic rings. The van der Waals surface area contributed by atoms with E-state index < -0.39 is 10.0 Å². The van der Waals surface area contributed by atoms with Crippen molar-refractivity contribution >= 4 is 43.0 Å². The Labute approximate surface area is 210 Å². The van der Waals surface area contributed by atoms with Gasteiger partial charge in [-0.1, -0.05) is 25.1 Å². The highest BCUT2D eigenvalue weighted by molar-refractivity contribution is 7.89. The molecule has 35 heavy (non-hydrogen) atoms. The van der Waals surface area contributed by atoms with E-state index in [4.69, 9.17) is 4.74 Å². The lowest BCUT2D eigenvalue weighted by Crippen LogP contribution is -2.48. The number of amides is 1. The van der Waals surface area contributed by atoms with Crippen molar-refractivity contribution in [2.75, 3.05) is 51.3 Å². The Bertz CT molecular complexity index is 1300. The highest BCUT2D eigenvalue weighted by Crippen LogP contribution is 2.34. The topological polar surface area (TPSA) is 70.2 Å². The Morgan fingerprint density at radius 3 is 2.51 bits per heavy atom. The number of carbonyl (C=O) groups excluding carboxylic acids is 1. The molecule has 186 valence electrons. The quantitative estimate of drug-likeness (QED) is 0.509. The smallest absolute Gasteiger partial charge is 0.264 e. The van der Waals surface area contributed by atoms with Crippen LogP contribution in [0, 0.1) is 5.92 Å². The van der Waals surface area contributed by atoms with Crippen LogP contribution < -0.4 is 9.64 Å². The molecule has 0 N–H and O–H groups in total. The Balaban J connectivity index is 1.32. The number of anilines is 1. The van der Waals surface area contributed by atoms with Crippen LogP contribution in [0.15, 0.2) is 53.4 Å². The summed E-state index contributed by atoms with van der Waals surface area (Å²) in [7, 11) is -1.97. The SMILES string of the molecule is COc1ccc(S(=O)(=O)N2CCC[C@@H](C)C2)cc1N1CCN(C(=O)c2cc3ccccc3s2)CC1. The summed E-state index contributed by atoms with van der Waals surface area (Å²) in [5.41, 5.74) is 0.757. The summed E-state index contributed by atoms with van der Waals surface area (Å²) in [6, 6.07) is 15.1. The lowest BCUT2D eigenvalue weighted by Gasteiger charge is -2.37.